The normalized spacial score (nSPS) is 16.2. The second kappa shape index (κ2) is 7.12. The molecule has 0 radical (unpaired) electrons. The lowest BCUT2D eigenvalue weighted by Gasteiger charge is -2.20. The van der Waals surface area contributed by atoms with Gasteiger partial charge >= 0.3 is 0 Å². The predicted molar refractivity (Wildman–Crippen MR) is 98.6 cm³/mol. The van der Waals surface area contributed by atoms with Gasteiger partial charge < -0.3 is 14.4 Å². The number of allylic oxidation sites excluding steroid dienone is 2. The topological polar surface area (TPSA) is 55.8 Å². The Bertz CT molecular complexity index is 767. The molecule has 3 rings (SSSR count). The molecule has 0 aromatic heterocycles. The van der Waals surface area contributed by atoms with Crippen LogP contribution in [0.25, 0.3) is 5.57 Å². The van der Waals surface area contributed by atoms with Crippen molar-refractivity contribution in [1.29, 1.82) is 0 Å². The number of fused-ring (bicyclic) bond motifs is 2. The minimum Gasteiger partial charge on any atom is -0.492 e. The summed E-state index contributed by atoms with van der Waals surface area (Å²) in [5.74, 6) is 1.44. The number of nitrogens with zero attached hydrogens (tertiary/aromatic N) is 1. The van der Waals surface area contributed by atoms with E-state index in [0.717, 1.165) is 58.2 Å². The third-order valence-electron chi connectivity index (χ3n) is 4.73. The number of aryl methyl sites for hydroxylation is 1. The van der Waals surface area contributed by atoms with Crippen molar-refractivity contribution in [3.05, 3.63) is 22.8 Å². The molecule has 0 aliphatic heterocycles. The molecule has 2 aliphatic carbocycles. The minimum atomic E-state index is -0.0780. The Labute approximate surface area is 152 Å². The van der Waals surface area contributed by atoms with Gasteiger partial charge in [0.1, 0.15) is 0 Å². The fourth-order valence-corrected chi connectivity index (χ4v) is 4.41. The van der Waals surface area contributed by atoms with Gasteiger partial charge in [-0.15, -0.1) is 0 Å². The van der Waals surface area contributed by atoms with Crippen molar-refractivity contribution < 1.29 is 19.1 Å². The second-order valence-electron chi connectivity index (χ2n) is 6.47. The first-order valence-electron chi connectivity index (χ1n) is 8.40. The standard InChI is InChI=1S/C19H23NO4S/c1-20(2)19(22)25-15-10-11-8-9-14(21)12-6-5-7-13(12)16(11)18(24-4)17(15)23-3/h10H,5-9H2,1-4H3. The number of amides is 1. The van der Waals surface area contributed by atoms with Crippen LogP contribution in [0.2, 0.25) is 0 Å². The van der Waals surface area contributed by atoms with E-state index >= 15 is 0 Å². The van der Waals surface area contributed by atoms with Crippen LogP contribution in [-0.4, -0.2) is 44.2 Å². The van der Waals surface area contributed by atoms with Crippen molar-refractivity contribution in [3.8, 4) is 11.5 Å². The van der Waals surface area contributed by atoms with Crippen LogP contribution in [0.4, 0.5) is 4.79 Å². The van der Waals surface area contributed by atoms with Gasteiger partial charge in [0, 0.05) is 26.1 Å². The lowest BCUT2D eigenvalue weighted by atomic mass is 9.95. The fourth-order valence-electron chi connectivity index (χ4n) is 3.57. The molecule has 2 aliphatic rings. The van der Waals surface area contributed by atoms with Gasteiger partial charge in [0.25, 0.3) is 5.24 Å². The molecule has 0 bridgehead atoms. The van der Waals surface area contributed by atoms with Crippen LogP contribution in [0.15, 0.2) is 16.5 Å². The first-order valence-corrected chi connectivity index (χ1v) is 9.22. The SMILES string of the molecule is COc1c(SC(=O)N(C)C)cc2c(c1OC)C1=C(CCC1)C(=O)CC2. The van der Waals surface area contributed by atoms with Crippen LogP contribution in [0, 0.1) is 0 Å². The molecule has 0 atom stereocenters. The van der Waals surface area contributed by atoms with E-state index in [0.29, 0.717) is 24.3 Å². The smallest absolute Gasteiger partial charge is 0.286 e. The molecule has 0 spiro atoms. The van der Waals surface area contributed by atoms with E-state index in [4.69, 9.17) is 9.47 Å². The summed E-state index contributed by atoms with van der Waals surface area (Å²) in [5.41, 5.74) is 4.11. The summed E-state index contributed by atoms with van der Waals surface area (Å²) in [7, 11) is 6.63. The zero-order valence-electron chi connectivity index (χ0n) is 15.1. The van der Waals surface area contributed by atoms with Gasteiger partial charge in [-0.25, -0.2) is 0 Å². The third kappa shape index (κ3) is 3.15. The summed E-state index contributed by atoms with van der Waals surface area (Å²) >= 11 is 1.12. The summed E-state index contributed by atoms with van der Waals surface area (Å²) in [6.07, 6.45) is 3.89. The maximum Gasteiger partial charge on any atom is 0.286 e. The molecule has 1 aromatic carbocycles. The van der Waals surface area contributed by atoms with Crippen molar-refractivity contribution in [2.75, 3.05) is 28.3 Å². The molecule has 0 N–H and O–H groups in total. The van der Waals surface area contributed by atoms with Crippen molar-refractivity contribution in [1.82, 2.24) is 4.90 Å². The van der Waals surface area contributed by atoms with Crippen molar-refractivity contribution in [3.63, 3.8) is 0 Å². The Kier molecular flexibility index (Phi) is 5.08. The fraction of sp³-hybridized carbons (Fsp3) is 0.474. The summed E-state index contributed by atoms with van der Waals surface area (Å²) in [4.78, 5) is 26.9. The molecule has 0 saturated carbocycles. The predicted octanol–water partition coefficient (Wildman–Crippen LogP) is 3.93. The maximum absolute atomic E-state index is 12.5. The monoisotopic (exact) mass is 361 g/mol. The number of hydrogen-bond acceptors (Lipinski definition) is 5. The minimum absolute atomic E-state index is 0.0780. The summed E-state index contributed by atoms with van der Waals surface area (Å²) in [6, 6.07) is 1.99. The number of rotatable bonds is 3. The van der Waals surface area contributed by atoms with Gasteiger partial charge in [-0.1, -0.05) is 0 Å². The highest BCUT2D eigenvalue weighted by molar-refractivity contribution is 8.13. The molecule has 25 heavy (non-hydrogen) atoms. The summed E-state index contributed by atoms with van der Waals surface area (Å²) in [6.45, 7) is 0. The Morgan fingerprint density at radius 2 is 1.72 bits per heavy atom. The summed E-state index contributed by atoms with van der Waals surface area (Å²) in [5, 5.41) is -0.0780. The molecular formula is C19H23NO4S. The molecule has 0 fully saturated rings. The van der Waals surface area contributed by atoms with Crippen molar-refractivity contribution in [2.45, 2.75) is 37.0 Å². The van der Waals surface area contributed by atoms with Crippen LogP contribution in [-0.2, 0) is 11.2 Å². The number of hydrogen-bond donors (Lipinski definition) is 0. The van der Waals surface area contributed by atoms with Crippen LogP contribution >= 0.6 is 11.8 Å². The quantitative estimate of drug-likeness (QED) is 0.764. The number of thioether (sulfide) groups is 1. The van der Waals surface area contributed by atoms with Gasteiger partial charge in [-0.05, 0) is 60.2 Å². The molecule has 1 aromatic rings. The van der Waals surface area contributed by atoms with E-state index < -0.39 is 0 Å². The largest absolute Gasteiger partial charge is 0.492 e. The molecule has 1 amide bonds. The number of methoxy groups -OCH3 is 2. The van der Waals surface area contributed by atoms with Crippen LogP contribution in [0.1, 0.15) is 36.8 Å². The zero-order valence-corrected chi connectivity index (χ0v) is 15.9. The van der Waals surface area contributed by atoms with Crippen molar-refractivity contribution in [2.24, 2.45) is 0 Å². The zero-order chi connectivity index (χ0) is 18.1. The van der Waals surface area contributed by atoms with E-state index in [1.54, 1.807) is 28.3 Å². The van der Waals surface area contributed by atoms with Gasteiger partial charge in [0.05, 0.1) is 19.1 Å². The van der Waals surface area contributed by atoms with Gasteiger partial charge in [-0.3, -0.25) is 9.59 Å². The molecule has 134 valence electrons. The number of carbonyl (C=O) groups excluding carboxylic acids is 2. The molecule has 0 saturated heterocycles. The van der Waals surface area contributed by atoms with E-state index in [1.807, 2.05) is 6.07 Å². The van der Waals surface area contributed by atoms with Crippen LogP contribution < -0.4 is 9.47 Å². The Hall–Kier alpha value is -1.95. The van der Waals surface area contributed by atoms with E-state index in [2.05, 4.69) is 0 Å². The average molecular weight is 361 g/mol. The number of ether oxygens (including phenoxy) is 2. The molecular weight excluding hydrogens is 338 g/mol. The Balaban J connectivity index is 2.19. The highest BCUT2D eigenvalue weighted by atomic mass is 32.2. The van der Waals surface area contributed by atoms with Gasteiger partial charge in [0.15, 0.2) is 17.3 Å². The van der Waals surface area contributed by atoms with Crippen LogP contribution in [0.5, 0.6) is 11.5 Å². The van der Waals surface area contributed by atoms with E-state index in [1.165, 1.54) is 4.90 Å². The lowest BCUT2D eigenvalue weighted by Crippen LogP contribution is -2.16. The number of benzene rings is 1. The van der Waals surface area contributed by atoms with Crippen molar-refractivity contribution >= 4 is 28.4 Å². The average Bonchev–Trinajstić information content (AvgIpc) is 3.03. The maximum atomic E-state index is 12.5. The molecule has 0 unspecified atom stereocenters. The summed E-state index contributed by atoms with van der Waals surface area (Å²) < 4.78 is 11.3. The van der Waals surface area contributed by atoms with Crippen LogP contribution in [0.3, 0.4) is 0 Å². The number of carbonyl (C=O) groups is 2. The van der Waals surface area contributed by atoms with E-state index in [-0.39, 0.29) is 11.0 Å². The lowest BCUT2D eigenvalue weighted by molar-refractivity contribution is -0.115. The van der Waals surface area contributed by atoms with Gasteiger partial charge in [-0.2, -0.15) is 0 Å². The molecule has 6 heteroatoms. The third-order valence-corrected chi connectivity index (χ3v) is 5.79. The van der Waals surface area contributed by atoms with Gasteiger partial charge in [0.2, 0.25) is 0 Å². The second-order valence-corrected chi connectivity index (χ2v) is 7.46. The number of ketones is 1. The highest BCUT2D eigenvalue weighted by Gasteiger charge is 2.32. The molecule has 5 nitrogen and oxygen atoms in total. The Morgan fingerprint density at radius 1 is 1.04 bits per heavy atom. The molecule has 0 heterocycles. The Morgan fingerprint density at radius 3 is 2.36 bits per heavy atom. The first kappa shape index (κ1) is 17.9. The van der Waals surface area contributed by atoms with E-state index in [9.17, 15) is 9.59 Å². The highest BCUT2D eigenvalue weighted by Crippen LogP contribution is 2.50. The first-order chi connectivity index (χ1) is 12.0. The number of Topliss-reactive ketones (excluding diaryl/α,β-unsaturated/α-hetero) is 1.